The zero-order chi connectivity index (χ0) is 17.3. The Morgan fingerprint density at radius 1 is 1.25 bits per heavy atom. The zero-order valence-electron chi connectivity index (χ0n) is 14.3. The normalized spacial score (nSPS) is 25.2. The first-order valence-corrected chi connectivity index (χ1v) is 8.93. The number of primary amides is 1. The first-order chi connectivity index (χ1) is 11.5. The van der Waals surface area contributed by atoms with Crippen molar-refractivity contribution in [3.8, 4) is 0 Å². The van der Waals surface area contributed by atoms with Crippen molar-refractivity contribution >= 4 is 17.5 Å². The molecule has 1 aliphatic heterocycles. The maximum atomic E-state index is 12.8. The van der Waals surface area contributed by atoms with E-state index in [1.165, 1.54) is 37.0 Å². The number of amides is 2. The molecular formula is C19H27N3O2. The molecule has 0 bridgehead atoms. The van der Waals surface area contributed by atoms with Gasteiger partial charge in [0.05, 0.1) is 6.04 Å². The van der Waals surface area contributed by atoms with E-state index in [0.717, 1.165) is 16.8 Å². The third-order valence-electron chi connectivity index (χ3n) is 5.50. The van der Waals surface area contributed by atoms with Gasteiger partial charge in [0, 0.05) is 5.69 Å². The van der Waals surface area contributed by atoms with Crippen molar-refractivity contribution in [3.05, 3.63) is 29.3 Å². The van der Waals surface area contributed by atoms with Crippen LogP contribution in [0.2, 0.25) is 0 Å². The monoisotopic (exact) mass is 329 g/mol. The van der Waals surface area contributed by atoms with E-state index in [1.54, 1.807) is 0 Å². The average Bonchev–Trinajstić information content (AvgIpc) is 2.66. The van der Waals surface area contributed by atoms with Crippen molar-refractivity contribution in [2.24, 2.45) is 17.4 Å². The Hall–Kier alpha value is -1.88. The largest absolute Gasteiger partial charge is 0.368 e. The van der Waals surface area contributed by atoms with Crippen LogP contribution in [-0.4, -0.2) is 24.4 Å². The molecule has 2 atom stereocenters. The average molecular weight is 329 g/mol. The van der Waals surface area contributed by atoms with Crippen molar-refractivity contribution in [2.45, 2.75) is 57.4 Å². The number of carbonyl (C=O) groups excluding carboxylic acids is 2. The van der Waals surface area contributed by atoms with Crippen LogP contribution in [0.3, 0.4) is 0 Å². The number of aryl methyl sites for hydroxylation is 1. The Balaban J connectivity index is 2.06. The molecule has 1 heterocycles. The highest BCUT2D eigenvalue weighted by atomic mass is 16.2. The second-order valence-corrected chi connectivity index (χ2v) is 7.30. The number of hydrogen-bond donors (Lipinski definition) is 2. The summed E-state index contributed by atoms with van der Waals surface area (Å²) in [5.74, 6) is 0.128. The van der Waals surface area contributed by atoms with Crippen LogP contribution in [0.25, 0.3) is 0 Å². The molecule has 0 aromatic heterocycles. The fourth-order valence-corrected chi connectivity index (χ4v) is 4.32. The van der Waals surface area contributed by atoms with Gasteiger partial charge in [-0.2, -0.15) is 0 Å². The van der Waals surface area contributed by atoms with Crippen molar-refractivity contribution in [1.82, 2.24) is 0 Å². The van der Waals surface area contributed by atoms with Gasteiger partial charge in [0.1, 0.15) is 6.54 Å². The van der Waals surface area contributed by atoms with Gasteiger partial charge in [0.15, 0.2) is 0 Å². The molecule has 2 unspecified atom stereocenters. The van der Waals surface area contributed by atoms with Gasteiger partial charge in [0.2, 0.25) is 11.8 Å². The summed E-state index contributed by atoms with van der Waals surface area (Å²) in [6.45, 7) is 1.88. The topological polar surface area (TPSA) is 89.4 Å². The van der Waals surface area contributed by atoms with Gasteiger partial charge in [-0.3, -0.25) is 9.59 Å². The summed E-state index contributed by atoms with van der Waals surface area (Å²) >= 11 is 0. The Kier molecular flexibility index (Phi) is 4.90. The van der Waals surface area contributed by atoms with Gasteiger partial charge in [0.25, 0.3) is 0 Å². The summed E-state index contributed by atoms with van der Waals surface area (Å²) in [6, 6.07) is 5.61. The molecular weight excluding hydrogens is 302 g/mol. The zero-order valence-corrected chi connectivity index (χ0v) is 14.3. The molecule has 5 nitrogen and oxygen atoms in total. The molecule has 130 valence electrons. The van der Waals surface area contributed by atoms with Crippen LogP contribution >= 0.6 is 0 Å². The van der Waals surface area contributed by atoms with E-state index in [9.17, 15) is 9.59 Å². The predicted octanol–water partition coefficient (Wildman–Crippen LogP) is 2.21. The highest BCUT2D eigenvalue weighted by Gasteiger charge is 2.37. The summed E-state index contributed by atoms with van der Waals surface area (Å²) in [6.07, 6.45) is 6.81. The number of nitrogens with two attached hydrogens (primary N) is 2. The Morgan fingerprint density at radius 3 is 2.62 bits per heavy atom. The minimum atomic E-state index is -0.580. The molecule has 0 radical (unpaired) electrons. The van der Waals surface area contributed by atoms with Crippen molar-refractivity contribution in [1.29, 1.82) is 0 Å². The fraction of sp³-hybridized carbons (Fsp3) is 0.579. The van der Waals surface area contributed by atoms with Gasteiger partial charge in [-0.05, 0) is 55.2 Å². The molecule has 1 aromatic carbocycles. The molecule has 1 aromatic rings. The Labute approximate surface area is 143 Å². The van der Waals surface area contributed by atoms with Gasteiger partial charge in [-0.25, -0.2) is 0 Å². The van der Waals surface area contributed by atoms with E-state index in [1.807, 2.05) is 13.0 Å². The third kappa shape index (κ3) is 3.31. The lowest BCUT2D eigenvalue weighted by Crippen LogP contribution is -2.46. The molecule has 1 aliphatic carbocycles. The molecule has 0 saturated heterocycles. The molecule has 2 amide bonds. The number of benzene rings is 1. The fourth-order valence-electron chi connectivity index (χ4n) is 4.32. The lowest BCUT2D eigenvalue weighted by atomic mass is 9.74. The minimum absolute atomic E-state index is 0.111. The van der Waals surface area contributed by atoms with E-state index in [2.05, 4.69) is 12.1 Å². The van der Waals surface area contributed by atoms with Crippen LogP contribution in [-0.2, 0) is 9.59 Å². The predicted molar refractivity (Wildman–Crippen MR) is 94.6 cm³/mol. The number of anilines is 1. The molecule has 4 N–H and O–H groups in total. The first-order valence-electron chi connectivity index (χ1n) is 8.93. The molecule has 0 spiro atoms. The van der Waals surface area contributed by atoms with Gasteiger partial charge < -0.3 is 16.4 Å². The van der Waals surface area contributed by atoms with Gasteiger partial charge >= 0.3 is 0 Å². The molecule has 3 rings (SSSR count). The SMILES string of the molecule is Cc1ccc2c(c1)N(CC(N)=O)C(=O)C(N)CC2C1CCCCC1. The summed E-state index contributed by atoms with van der Waals surface area (Å²) in [4.78, 5) is 25.8. The second kappa shape index (κ2) is 6.93. The highest BCUT2D eigenvalue weighted by Crippen LogP contribution is 2.44. The van der Waals surface area contributed by atoms with Crippen LogP contribution in [0, 0.1) is 12.8 Å². The first kappa shape index (κ1) is 17.0. The van der Waals surface area contributed by atoms with E-state index < -0.39 is 11.9 Å². The number of nitrogens with zero attached hydrogens (tertiary/aromatic N) is 1. The number of fused-ring (bicyclic) bond motifs is 1. The van der Waals surface area contributed by atoms with E-state index in [0.29, 0.717) is 12.3 Å². The summed E-state index contributed by atoms with van der Waals surface area (Å²) in [7, 11) is 0. The summed E-state index contributed by atoms with van der Waals surface area (Å²) < 4.78 is 0. The third-order valence-corrected chi connectivity index (χ3v) is 5.50. The second-order valence-electron chi connectivity index (χ2n) is 7.30. The molecule has 24 heavy (non-hydrogen) atoms. The Morgan fingerprint density at radius 2 is 1.96 bits per heavy atom. The van der Waals surface area contributed by atoms with Gasteiger partial charge in [-0.1, -0.05) is 31.4 Å². The van der Waals surface area contributed by atoms with E-state index in [-0.39, 0.29) is 18.4 Å². The number of rotatable bonds is 3. The van der Waals surface area contributed by atoms with Crippen LogP contribution in [0.4, 0.5) is 5.69 Å². The van der Waals surface area contributed by atoms with Crippen molar-refractivity contribution < 1.29 is 9.59 Å². The molecule has 5 heteroatoms. The standard InChI is InChI=1S/C19H27N3O2/c1-12-7-8-14-15(13-5-3-2-4-6-13)10-16(20)19(24)22(11-18(21)23)17(14)9-12/h7-9,13,15-16H,2-6,10-11,20H2,1H3,(H2,21,23). The molecule has 2 aliphatic rings. The molecule has 1 saturated carbocycles. The highest BCUT2D eigenvalue weighted by molar-refractivity contribution is 6.02. The lowest BCUT2D eigenvalue weighted by Gasteiger charge is -2.31. The van der Waals surface area contributed by atoms with Gasteiger partial charge in [-0.15, -0.1) is 0 Å². The summed E-state index contributed by atoms with van der Waals surface area (Å²) in [5.41, 5.74) is 14.6. The number of carbonyl (C=O) groups is 2. The maximum Gasteiger partial charge on any atom is 0.244 e. The van der Waals surface area contributed by atoms with E-state index in [4.69, 9.17) is 11.5 Å². The quantitative estimate of drug-likeness (QED) is 0.891. The van der Waals surface area contributed by atoms with Crippen LogP contribution < -0.4 is 16.4 Å². The smallest absolute Gasteiger partial charge is 0.244 e. The van der Waals surface area contributed by atoms with Crippen molar-refractivity contribution in [3.63, 3.8) is 0 Å². The van der Waals surface area contributed by atoms with Crippen LogP contribution in [0.15, 0.2) is 18.2 Å². The van der Waals surface area contributed by atoms with Crippen LogP contribution in [0.1, 0.15) is 55.6 Å². The number of hydrogen-bond acceptors (Lipinski definition) is 3. The Bertz CT molecular complexity index is 637. The van der Waals surface area contributed by atoms with Crippen LogP contribution in [0.5, 0.6) is 0 Å². The van der Waals surface area contributed by atoms with Crippen molar-refractivity contribution in [2.75, 3.05) is 11.4 Å². The molecule has 1 fully saturated rings. The maximum absolute atomic E-state index is 12.8. The van der Waals surface area contributed by atoms with E-state index >= 15 is 0 Å². The lowest BCUT2D eigenvalue weighted by molar-refractivity contribution is -0.123. The summed E-state index contributed by atoms with van der Waals surface area (Å²) in [5, 5.41) is 0. The minimum Gasteiger partial charge on any atom is -0.368 e.